The van der Waals surface area contributed by atoms with E-state index in [1.54, 1.807) is 0 Å². The maximum absolute atomic E-state index is 13.3. The molecule has 35 heavy (non-hydrogen) atoms. The summed E-state index contributed by atoms with van der Waals surface area (Å²) in [5, 5.41) is 0.185. The summed E-state index contributed by atoms with van der Waals surface area (Å²) in [6.07, 6.45) is 2.38. The number of nitrogens with zero attached hydrogens (tertiary/aromatic N) is 2. The average Bonchev–Trinajstić information content (AvgIpc) is 3.28. The summed E-state index contributed by atoms with van der Waals surface area (Å²) < 4.78 is 7.33. The van der Waals surface area contributed by atoms with E-state index in [4.69, 9.17) is 9.72 Å². The van der Waals surface area contributed by atoms with Gasteiger partial charge in [0.05, 0.1) is 0 Å². The number of esters is 1. The van der Waals surface area contributed by atoms with Gasteiger partial charge >= 0.3 is 214 Å². The molecule has 4 nitrogen and oxygen atoms in total. The predicted molar refractivity (Wildman–Crippen MR) is 149 cm³/mol. The van der Waals surface area contributed by atoms with Crippen molar-refractivity contribution in [1.29, 1.82) is 0 Å². The van der Waals surface area contributed by atoms with Crippen LogP contribution in [0.25, 0.3) is 5.65 Å². The number of aromatic nitrogens is 2. The van der Waals surface area contributed by atoms with E-state index < -0.39 is 5.31 Å². The fraction of sp³-hybridized carbons (Fsp3) is 0.103. The predicted octanol–water partition coefficient (Wildman–Crippen LogP) is 5.85. The van der Waals surface area contributed by atoms with Crippen LogP contribution >= 0.6 is 20.8 Å². The van der Waals surface area contributed by atoms with Gasteiger partial charge in [-0.1, -0.05) is 0 Å². The van der Waals surface area contributed by atoms with Crippen molar-refractivity contribution in [2.45, 2.75) is 13.1 Å². The van der Waals surface area contributed by atoms with Crippen LogP contribution in [0.3, 0.4) is 0 Å². The van der Waals surface area contributed by atoms with Crippen LogP contribution in [0.4, 0.5) is 0 Å². The third-order valence-electron chi connectivity index (χ3n) is 6.40. The van der Waals surface area contributed by atoms with E-state index >= 15 is 0 Å². The van der Waals surface area contributed by atoms with E-state index in [0.29, 0.717) is 24.2 Å². The monoisotopic (exact) mass is 544 g/mol. The van der Waals surface area contributed by atoms with Crippen molar-refractivity contribution in [3.8, 4) is 0 Å². The first-order valence-electron chi connectivity index (χ1n) is 11.6. The van der Waals surface area contributed by atoms with Gasteiger partial charge in [-0.15, -0.1) is 0 Å². The molecule has 0 spiro atoms. The van der Waals surface area contributed by atoms with Crippen LogP contribution in [0, 0.1) is 0 Å². The molecule has 2 heterocycles. The number of benzene rings is 3. The minimum absolute atomic E-state index is 0.298. The Morgan fingerprint density at radius 2 is 1.29 bits per heavy atom. The zero-order valence-corrected chi connectivity index (χ0v) is 21.9. The van der Waals surface area contributed by atoms with Gasteiger partial charge in [0.1, 0.15) is 0 Å². The molecule has 0 N–H and O–H groups in total. The summed E-state index contributed by atoms with van der Waals surface area (Å²) in [6, 6.07) is 37.3. The fourth-order valence-electron chi connectivity index (χ4n) is 4.79. The van der Waals surface area contributed by atoms with Crippen LogP contribution in [0.2, 0.25) is 0 Å². The Hall–Kier alpha value is -3.27. The number of hydrogen-bond donors (Lipinski definition) is 0. The number of imidazole rings is 1. The number of halogens is 1. The number of pyridine rings is 1. The molecule has 0 saturated heterocycles. The molecule has 0 unspecified atom stereocenters. The number of carbonyl (C=O) groups excluding carboxylic acids is 1. The van der Waals surface area contributed by atoms with E-state index in [0.717, 1.165) is 5.65 Å². The van der Waals surface area contributed by atoms with Crippen LogP contribution in [0.15, 0.2) is 115 Å². The van der Waals surface area contributed by atoms with Gasteiger partial charge in [-0.3, -0.25) is 0 Å². The van der Waals surface area contributed by atoms with Crippen LogP contribution in [-0.2, 0) is 10.9 Å². The van der Waals surface area contributed by atoms with Gasteiger partial charge in [-0.2, -0.15) is 0 Å². The number of rotatable bonds is 7. The van der Waals surface area contributed by atoms with Crippen LogP contribution in [-0.4, -0.2) is 22.0 Å². The molecule has 0 fully saturated rings. The maximum atomic E-state index is 13.3. The second-order valence-corrected chi connectivity index (χ2v) is 17.3. The van der Waals surface area contributed by atoms with E-state index in [1.165, 1.54) is 15.9 Å². The summed E-state index contributed by atoms with van der Waals surface area (Å²) in [4.78, 5) is 18.2. The molecule has 0 aliphatic heterocycles. The Labute approximate surface area is 213 Å². The first kappa shape index (κ1) is 23.5. The number of hydrogen-bond acceptors (Lipinski definition) is 3. The van der Waals surface area contributed by atoms with Crippen molar-refractivity contribution in [1.82, 2.24) is 9.38 Å². The summed E-state index contributed by atoms with van der Waals surface area (Å²) >= 11 is 4.46. The Morgan fingerprint density at radius 3 is 1.77 bits per heavy atom. The molecule has 5 aromatic rings. The molecule has 3 aromatic carbocycles. The molecule has 5 rings (SSSR count). The quantitative estimate of drug-likeness (QED) is 0.190. The van der Waals surface area contributed by atoms with Crippen molar-refractivity contribution in [3.05, 3.63) is 127 Å². The van der Waals surface area contributed by atoms with Gasteiger partial charge in [0.2, 0.25) is 0 Å². The molecule has 0 amide bonds. The Morgan fingerprint density at radius 1 is 0.800 bits per heavy atom. The normalized spacial score (nSPS) is 12.7. The van der Waals surface area contributed by atoms with E-state index in [2.05, 4.69) is 88.3 Å². The van der Waals surface area contributed by atoms with E-state index in [1.807, 2.05) is 53.9 Å². The number of ether oxygens (including phenoxy) is 1. The average molecular weight is 545 g/mol. The van der Waals surface area contributed by atoms with E-state index in [-0.39, 0.29) is 5.97 Å². The second kappa shape index (κ2) is 9.41. The Balaban J connectivity index is 1.87. The zero-order valence-electron chi connectivity index (χ0n) is 19.4. The number of fused-ring (bicyclic) bond motifs is 1. The summed E-state index contributed by atoms with van der Waals surface area (Å²) in [5.41, 5.74) is 1.90. The molecule has 0 aliphatic carbocycles. The van der Waals surface area contributed by atoms with Gasteiger partial charge in [-0.25, -0.2) is 0 Å². The molecule has 0 saturated carbocycles. The van der Waals surface area contributed by atoms with Crippen LogP contribution < -0.4 is 15.9 Å². The molecule has 0 aliphatic rings. The summed E-state index contributed by atoms with van der Waals surface area (Å²) in [5.74, 6) is -0.368. The van der Waals surface area contributed by atoms with Crippen molar-refractivity contribution < 1.29 is 9.53 Å². The fourth-order valence-corrected chi connectivity index (χ4v) is 12.2. The second-order valence-electron chi connectivity index (χ2n) is 8.40. The third-order valence-corrected chi connectivity index (χ3v) is 15.9. The molecular formula is C29H26BrN2O2P. The van der Waals surface area contributed by atoms with Crippen LogP contribution in [0.5, 0.6) is 0 Å². The van der Waals surface area contributed by atoms with Crippen molar-refractivity contribution in [2.75, 3.05) is 6.61 Å². The topological polar surface area (TPSA) is 43.6 Å². The summed E-state index contributed by atoms with van der Waals surface area (Å²) in [7, 11) is 0. The Bertz CT molecular complexity index is 1370. The Kier molecular flexibility index (Phi) is 6.31. The molecular weight excluding hydrogens is 519 g/mol. The van der Waals surface area contributed by atoms with E-state index in [9.17, 15) is 4.79 Å². The van der Waals surface area contributed by atoms with Gasteiger partial charge in [0, 0.05) is 0 Å². The van der Waals surface area contributed by atoms with Gasteiger partial charge in [0.25, 0.3) is 0 Å². The van der Waals surface area contributed by atoms with Crippen molar-refractivity contribution in [2.24, 2.45) is 0 Å². The van der Waals surface area contributed by atoms with Crippen LogP contribution in [0.1, 0.15) is 23.1 Å². The number of carbonyl (C=O) groups is 1. The van der Waals surface area contributed by atoms with Crippen molar-refractivity contribution >= 4 is 48.3 Å². The van der Waals surface area contributed by atoms with Gasteiger partial charge in [-0.05, 0) is 0 Å². The first-order valence-corrected chi connectivity index (χ1v) is 16.0. The molecule has 176 valence electrons. The first-order chi connectivity index (χ1) is 17.1. The minimum atomic E-state index is -3.32. The van der Waals surface area contributed by atoms with Gasteiger partial charge < -0.3 is 0 Å². The molecule has 2 aromatic heterocycles. The summed E-state index contributed by atoms with van der Waals surface area (Å²) in [6.45, 7) is 2.12. The molecule has 0 atom stereocenters. The van der Waals surface area contributed by atoms with Gasteiger partial charge in [0.15, 0.2) is 0 Å². The SMILES string of the molecule is CCOC(=O)c1c(CP(Br)(c2ccccc2)(c2ccccc2)c2ccccc2)nc2ccccn12. The standard InChI is InChI=1S/C29H26BrN2O2P/c1-2-34-29(33)28-26(31-27-20-12-13-21-32(27)28)22-35(30,23-14-6-3-7-15-23,24-16-8-4-9-17-24)25-18-10-5-11-19-25/h3-21H,2,22H2,1H3. The zero-order chi connectivity index (χ0) is 24.3. The van der Waals surface area contributed by atoms with Crippen molar-refractivity contribution in [3.63, 3.8) is 0 Å². The molecule has 6 heteroatoms. The third kappa shape index (κ3) is 3.89. The molecule has 0 radical (unpaired) electrons. The molecule has 0 bridgehead atoms.